The van der Waals surface area contributed by atoms with Gasteiger partial charge in [0.15, 0.2) is 0 Å². The number of aryl methyl sites for hydroxylation is 1. The molecule has 17 heavy (non-hydrogen) atoms. The van der Waals surface area contributed by atoms with Gasteiger partial charge >= 0.3 is 5.97 Å². The van der Waals surface area contributed by atoms with Gasteiger partial charge in [0.1, 0.15) is 5.75 Å². The lowest BCUT2D eigenvalue weighted by Gasteiger charge is -2.15. The standard InChI is InChI=1S/C14H20O3/c1-4-11(5-2)9-17-13-7-6-12(14(15)16)8-10(13)3/h6-8,11H,4-5,9H2,1-3H3,(H,15,16). The van der Waals surface area contributed by atoms with Crippen molar-refractivity contribution in [3.05, 3.63) is 29.3 Å². The van der Waals surface area contributed by atoms with E-state index in [1.54, 1.807) is 18.2 Å². The summed E-state index contributed by atoms with van der Waals surface area (Å²) in [6, 6.07) is 4.96. The zero-order valence-corrected chi connectivity index (χ0v) is 10.7. The third-order valence-corrected chi connectivity index (χ3v) is 3.05. The summed E-state index contributed by atoms with van der Waals surface area (Å²) >= 11 is 0. The molecule has 3 nitrogen and oxygen atoms in total. The fourth-order valence-corrected chi connectivity index (χ4v) is 1.68. The summed E-state index contributed by atoms with van der Waals surface area (Å²) in [5.74, 6) is 0.440. The maximum Gasteiger partial charge on any atom is 0.335 e. The van der Waals surface area contributed by atoms with Crippen molar-refractivity contribution in [2.75, 3.05) is 6.61 Å². The lowest BCUT2D eigenvalue weighted by Crippen LogP contribution is -2.11. The van der Waals surface area contributed by atoms with E-state index in [0.717, 1.165) is 24.2 Å². The molecule has 0 unspecified atom stereocenters. The summed E-state index contributed by atoms with van der Waals surface area (Å²) in [6.45, 7) is 6.87. The van der Waals surface area contributed by atoms with E-state index in [1.165, 1.54) is 0 Å². The molecule has 1 N–H and O–H groups in total. The Labute approximate surface area is 102 Å². The van der Waals surface area contributed by atoms with Crippen LogP contribution in [0.5, 0.6) is 5.75 Å². The van der Waals surface area contributed by atoms with Crippen molar-refractivity contribution in [1.82, 2.24) is 0 Å². The maximum atomic E-state index is 10.8. The molecule has 0 aromatic heterocycles. The van der Waals surface area contributed by atoms with Gasteiger partial charge in [-0.1, -0.05) is 26.7 Å². The van der Waals surface area contributed by atoms with Crippen LogP contribution in [0.2, 0.25) is 0 Å². The van der Waals surface area contributed by atoms with Crippen molar-refractivity contribution in [1.29, 1.82) is 0 Å². The van der Waals surface area contributed by atoms with Crippen LogP contribution in [0.15, 0.2) is 18.2 Å². The van der Waals surface area contributed by atoms with Crippen LogP contribution in [-0.4, -0.2) is 17.7 Å². The highest BCUT2D eigenvalue weighted by Crippen LogP contribution is 2.20. The SMILES string of the molecule is CCC(CC)COc1ccc(C(=O)O)cc1C. The third-order valence-electron chi connectivity index (χ3n) is 3.05. The number of aromatic carboxylic acids is 1. The van der Waals surface area contributed by atoms with Crippen LogP contribution >= 0.6 is 0 Å². The molecule has 94 valence electrons. The zero-order valence-electron chi connectivity index (χ0n) is 10.7. The van der Waals surface area contributed by atoms with Crippen LogP contribution in [-0.2, 0) is 0 Å². The second kappa shape index (κ2) is 6.28. The molecule has 0 aliphatic rings. The average molecular weight is 236 g/mol. The number of carbonyl (C=O) groups is 1. The fraction of sp³-hybridized carbons (Fsp3) is 0.500. The molecule has 0 radical (unpaired) electrons. The molecule has 0 aliphatic carbocycles. The van der Waals surface area contributed by atoms with Gasteiger partial charge in [-0.25, -0.2) is 4.79 Å². The van der Waals surface area contributed by atoms with E-state index in [2.05, 4.69) is 13.8 Å². The average Bonchev–Trinajstić information content (AvgIpc) is 2.31. The van der Waals surface area contributed by atoms with Crippen molar-refractivity contribution >= 4 is 5.97 Å². The number of rotatable bonds is 6. The highest BCUT2D eigenvalue weighted by atomic mass is 16.5. The Morgan fingerprint density at radius 3 is 2.47 bits per heavy atom. The second-order valence-electron chi connectivity index (χ2n) is 4.28. The highest BCUT2D eigenvalue weighted by molar-refractivity contribution is 5.88. The molecule has 0 bridgehead atoms. The molecule has 0 aliphatic heterocycles. The molecule has 0 amide bonds. The number of ether oxygens (including phenoxy) is 1. The topological polar surface area (TPSA) is 46.5 Å². The van der Waals surface area contributed by atoms with Crippen molar-refractivity contribution in [3.8, 4) is 5.75 Å². The molecule has 0 spiro atoms. The summed E-state index contributed by atoms with van der Waals surface area (Å²) in [5.41, 5.74) is 1.17. The molecular weight excluding hydrogens is 216 g/mol. The van der Waals surface area contributed by atoms with Crippen molar-refractivity contribution in [3.63, 3.8) is 0 Å². The van der Waals surface area contributed by atoms with E-state index in [9.17, 15) is 4.79 Å². The van der Waals surface area contributed by atoms with Gasteiger partial charge in [-0.05, 0) is 36.6 Å². The normalized spacial score (nSPS) is 10.6. The van der Waals surface area contributed by atoms with Crippen LogP contribution < -0.4 is 4.74 Å². The Morgan fingerprint density at radius 2 is 2.00 bits per heavy atom. The van der Waals surface area contributed by atoms with E-state index < -0.39 is 5.97 Å². The summed E-state index contributed by atoms with van der Waals surface area (Å²) < 4.78 is 5.72. The Balaban J connectivity index is 2.69. The first-order valence-corrected chi connectivity index (χ1v) is 6.05. The number of carboxylic acids is 1. The van der Waals surface area contributed by atoms with Gasteiger partial charge in [-0.2, -0.15) is 0 Å². The summed E-state index contributed by atoms with van der Waals surface area (Å²) in [6.07, 6.45) is 2.20. The summed E-state index contributed by atoms with van der Waals surface area (Å²) in [5, 5.41) is 8.85. The molecule has 0 heterocycles. The molecule has 0 fully saturated rings. The molecule has 0 saturated heterocycles. The van der Waals surface area contributed by atoms with Gasteiger partial charge in [-0.15, -0.1) is 0 Å². The molecule has 0 atom stereocenters. The minimum absolute atomic E-state index is 0.303. The van der Waals surface area contributed by atoms with Crippen LogP contribution in [0.4, 0.5) is 0 Å². The smallest absolute Gasteiger partial charge is 0.335 e. The molecule has 1 rings (SSSR count). The van der Waals surface area contributed by atoms with E-state index in [0.29, 0.717) is 18.1 Å². The summed E-state index contributed by atoms with van der Waals surface area (Å²) in [4.78, 5) is 10.8. The number of hydrogen-bond donors (Lipinski definition) is 1. The van der Waals surface area contributed by atoms with Crippen LogP contribution in [0.25, 0.3) is 0 Å². The lowest BCUT2D eigenvalue weighted by molar-refractivity contribution is 0.0696. The zero-order chi connectivity index (χ0) is 12.8. The molecule has 1 aromatic carbocycles. The van der Waals surface area contributed by atoms with E-state index in [-0.39, 0.29) is 0 Å². The fourth-order valence-electron chi connectivity index (χ4n) is 1.68. The largest absolute Gasteiger partial charge is 0.493 e. The first-order valence-electron chi connectivity index (χ1n) is 6.05. The van der Waals surface area contributed by atoms with Crippen molar-refractivity contribution in [2.24, 2.45) is 5.92 Å². The van der Waals surface area contributed by atoms with Gasteiger partial charge in [-0.3, -0.25) is 0 Å². The Hall–Kier alpha value is -1.51. The van der Waals surface area contributed by atoms with E-state index >= 15 is 0 Å². The molecule has 3 heteroatoms. The number of carboxylic acid groups (broad SMARTS) is 1. The molecule has 0 saturated carbocycles. The Morgan fingerprint density at radius 1 is 1.35 bits per heavy atom. The maximum absolute atomic E-state index is 10.8. The third kappa shape index (κ3) is 3.77. The predicted octanol–water partition coefficient (Wildman–Crippen LogP) is 3.51. The predicted molar refractivity (Wildman–Crippen MR) is 67.7 cm³/mol. The first kappa shape index (κ1) is 13.6. The Bertz CT molecular complexity index is 381. The molecular formula is C14H20O3. The van der Waals surface area contributed by atoms with Gasteiger partial charge in [0, 0.05) is 0 Å². The van der Waals surface area contributed by atoms with Crippen LogP contribution in [0.1, 0.15) is 42.6 Å². The lowest BCUT2D eigenvalue weighted by atomic mass is 10.1. The van der Waals surface area contributed by atoms with Gasteiger partial charge < -0.3 is 9.84 Å². The quantitative estimate of drug-likeness (QED) is 0.822. The monoisotopic (exact) mass is 236 g/mol. The van der Waals surface area contributed by atoms with E-state index in [1.807, 2.05) is 6.92 Å². The van der Waals surface area contributed by atoms with Crippen molar-refractivity contribution in [2.45, 2.75) is 33.6 Å². The minimum atomic E-state index is -0.903. The minimum Gasteiger partial charge on any atom is -0.493 e. The van der Waals surface area contributed by atoms with E-state index in [4.69, 9.17) is 9.84 Å². The number of benzene rings is 1. The first-order chi connectivity index (χ1) is 8.08. The van der Waals surface area contributed by atoms with Gasteiger partial charge in [0.25, 0.3) is 0 Å². The van der Waals surface area contributed by atoms with Crippen LogP contribution in [0.3, 0.4) is 0 Å². The Kier molecular flexibility index (Phi) is 5.01. The van der Waals surface area contributed by atoms with Gasteiger partial charge in [0.05, 0.1) is 12.2 Å². The number of hydrogen-bond acceptors (Lipinski definition) is 2. The second-order valence-corrected chi connectivity index (χ2v) is 4.28. The summed E-state index contributed by atoms with van der Waals surface area (Å²) in [7, 11) is 0. The van der Waals surface area contributed by atoms with Crippen molar-refractivity contribution < 1.29 is 14.6 Å². The van der Waals surface area contributed by atoms with Crippen LogP contribution in [0, 0.1) is 12.8 Å². The highest BCUT2D eigenvalue weighted by Gasteiger charge is 2.08. The van der Waals surface area contributed by atoms with Gasteiger partial charge in [0.2, 0.25) is 0 Å². The molecule has 1 aromatic rings.